The van der Waals surface area contributed by atoms with E-state index in [1.807, 2.05) is 40.8 Å². The summed E-state index contributed by atoms with van der Waals surface area (Å²) in [6, 6.07) is 7.48. The standard InChI is InChI=1S/C20H26N4O2/c1-3-10-24-14-18(15(2)22-24)19(25)21-13-16-6-8-17(9-7-16)20(26)23-11-4-5-12-23/h6-9,14H,3-5,10-13H2,1-2H3,(H,21,25). The smallest absolute Gasteiger partial charge is 0.255 e. The zero-order chi connectivity index (χ0) is 18.5. The third-order valence-corrected chi connectivity index (χ3v) is 4.69. The minimum atomic E-state index is -0.123. The maximum absolute atomic E-state index is 12.4. The number of carbonyl (C=O) groups excluding carboxylic acids is 2. The first kappa shape index (κ1) is 18.2. The maximum Gasteiger partial charge on any atom is 0.255 e. The molecule has 1 aromatic heterocycles. The Kier molecular flexibility index (Phi) is 5.71. The van der Waals surface area contributed by atoms with Crippen LogP contribution in [0.2, 0.25) is 0 Å². The Hall–Kier alpha value is -2.63. The number of nitrogens with zero attached hydrogens (tertiary/aromatic N) is 3. The first-order valence-electron chi connectivity index (χ1n) is 9.29. The number of carbonyl (C=O) groups is 2. The molecule has 1 fully saturated rings. The first-order valence-corrected chi connectivity index (χ1v) is 9.29. The van der Waals surface area contributed by atoms with Crippen molar-refractivity contribution in [1.29, 1.82) is 0 Å². The quantitative estimate of drug-likeness (QED) is 0.867. The van der Waals surface area contributed by atoms with E-state index in [4.69, 9.17) is 0 Å². The molecule has 0 spiro atoms. The number of aromatic nitrogens is 2. The lowest BCUT2D eigenvalue weighted by molar-refractivity contribution is 0.0792. The van der Waals surface area contributed by atoms with Gasteiger partial charge in [0.15, 0.2) is 0 Å². The van der Waals surface area contributed by atoms with E-state index in [1.165, 1.54) is 0 Å². The second-order valence-corrected chi connectivity index (χ2v) is 6.77. The largest absolute Gasteiger partial charge is 0.348 e. The SMILES string of the molecule is CCCn1cc(C(=O)NCc2ccc(C(=O)N3CCCC3)cc2)c(C)n1. The molecule has 1 aliphatic heterocycles. The van der Waals surface area contributed by atoms with Crippen LogP contribution in [-0.4, -0.2) is 39.6 Å². The molecule has 6 heteroatoms. The van der Waals surface area contributed by atoms with Gasteiger partial charge in [0.25, 0.3) is 11.8 Å². The molecule has 1 aromatic carbocycles. The Morgan fingerprint density at radius 1 is 1.15 bits per heavy atom. The van der Waals surface area contributed by atoms with Crippen molar-refractivity contribution < 1.29 is 9.59 Å². The van der Waals surface area contributed by atoms with E-state index in [0.717, 1.165) is 50.2 Å². The molecule has 1 saturated heterocycles. The topological polar surface area (TPSA) is 67.2 Å². The zero-order valence-electron chi connectivity index (χ0n) is 15.5. The van der Waals surface area contributed by atoms with E-state index < -0.39 is 0 Å². The molecule has 1 aliphatic rings. The maximum atomic E-state index is 12.4. The fourth-order valence-electron chi connectivity index (χ4n) is 3.23. The number of likely N-dealkylation sites (tertiary alicyclic amines) is 1. The summed E-state index contributed by atoms with van der Waals surface area (Å²) in [7, 11) is 0. The van der Waals surface area contributed by atoms with Gasteiger partial charge in [-0.15, -0.1) is 0 Å². The molecule has 0 unspecified atom stereocenters. The summed E-state index contributed by atoms with van der Waals surface area (Å²) in [6.07, 6.45) is 4.95. The van der Waals surface area contributed by atoms with Gasteiger partial charge >= 0.3 is 0 Å². The van der Waals surface area contributed by atoms with Crippen LogP contribution in [0.3, 0.4) is 0 Å². The van der Waals surface area contributed by atoms with Crippen molar-refractivity contribution in [3.8, 4) is 0 Å². The van der Waals surface area contributed by atoms with Gasteiger partial charge in [0, 0.05) is 37.9 Å². The van der Waals surface area contributed by atoms with Gasteiger partial charge in [-0.25, -0.2) is 0 Å². The van der Waals surface area contributed by atoms with Crippen LogP contribution >= 0.6 is 0 Å². The highest BCUT2D eigenvalue weighted by Crippen LogP contribution is 2.14. The summed E-state index contributed by atoms with van der Waals surface area (Å²) in [5.41, 5.74) is 3.02. The van der Waals surface area contributed by atoms with Gasteiger partial charge in [-0.2, -0.15) is 5.10 Å². The van der Waals surface area contributed by atoms with Crippen LogP contribution in [0.15, 0.2) is 30.5 Å². The second-order valence-electron chi connectivity index (χ2n) is 6.77. The van der Waals surface area contributed by atoms with Crippen molar-refractivity contribution in [3.63, 3.8) is 0 Å². The summed E-state index contributed by atoms with van der Waals surface area (Å²) >= 11 is 0. The van der Waals surface area contributed by atoms with E-state index in [0.29, 0.717) is 17.7 Å². The van der Waals surface area contributed by atoms with Gasteiger partial charge in [-0.1, -0.05) is 19.1 Å². The van der Waals surface area contributed by atoms with Crippen molar-refractivity contribution in [3.05, 3.63) is 52.8 Å². The molecule has 26 heavy (non-hydrogen) atoms. The lowest BCUT2D eigenvalue weighted by Gasteiger charge is -2.15. The first-order chi connectivity index (χ1) is 12.6. The number of rotatable bonds is 6. The molecule has 3 rings (SSSR count). The van der Waals surface area contributed by atoms with Crippen molar-refractivity contribution in [1.82, 2.24) is 20.0 Å². The van der Waals surface area contributed by atoms with Crippen LogP contribution in [0.25, 0.3) is 0 Å². The Morgan fingerprint density at radius 2 is 1.85 bits per heavy atom. The van der Waals surface area contributed by atoms with Gasteiger partial charge in [-0.3, -0.25) is 14.3 Å². The summed E-state index contributed by atoms with van der Waals surface area (Å²) in [4.78, 5) is 26.6. The number of hydrogen-bond acceptors (Lipinski definition) is 3. The fraction of sp³-hybridized carbons (Fsp3) is 0.450. The molecule has 2 heterocycles. The molecular formula is C20H26N4O2. The molecule has 0 bridgehead atoms. The minimum absolute atomic E-state index is 0.0945. The highest BCUT2D eigenvalue weighted by Gasteiger charge is 2.19. The third-order valence-electron chi connectivity index (χ3n) is 4.69. The van der Waals surface area contributed by atoms with Crippen LogP contribution in [0.1, 0.15) is 58.2 Å². The van der Waals surface area contributed by atoms with E-state index in [2.05, 4.69) is 17.3 Å². The lowest BCUT2D eigenvalue weighted by Crippen LogP contribution is -2.27. The minimum Gasteiger partial charge on any atom is -0.348 e. The average Bonchev–Trinajstić information content (AvgIpc) is 3.30. The summed E-state index contributed by atoms with van der Waals surface area (Å²) < 4.78 is 1.81. The van der Waals surface area contributed by atoms with Crippen LogP contribution in [0.5, 0.6) is 0 Å². The van der Waals surface area contributed by atoms with Crippen LogP contribution in [0.4, 0.5) is 0 Å². The molecule has 138 valence electrons. The summed E-state index contributed by atoms with van der Waals surface area (Å²) in [5, 5.41) is 7.29. The molecule has 0 saturated carbocycles. The van der Waals surface area contributed by atoms with Crippen molar-refractivity contribution in [2.24, 2.45) is 0 Å². The summed E-state index contributed by atoms with van der Waals surface area (Å²) in [6.45, 7) is 6.86. The van der Waals surface area contributed by atoms with E-state index in [1.54, 1.807) is 6.20 Å². The molecule has 2 amide bonds. The van der Waals surface area contributed by atoms with Gasteiger partial charge in [0.2, 0.25) is 0 Å². The summed E-state index contributed by atoms with van der Waals surface area (Å²) in [5.74, 6) is -0.0286. The van der Waals surface area contributed by atoms with Crippen LogP contribution < -0.4 is 5.32 Å². The van der Waals surface area contributed by atoms with E-state index in [9.17, 15) is 9.59 Å². The molecule has 0 atom stereocenters. The van der Waals surface area contributed by atoms with Gasteiger partial charge in [0.05, 0.1) is 11.3 Å². The van der Waals surface area contributed by atoms with Crippen molar-refractivity contribution in [2.75, 3.05) is 13.1 Å². The van der Waals surface area contributed by atoms with Crippen LogP contribution in [-0.2, 0) is 13.1 Å². The van der Waals surface area contributed by atoms with E-state index in [-0.39, 0.29) is 11.8 Å². The number of aryl methyl sites for hydroxylation is 2. The van der Waals surface area contributed by atoms with Gasteiger partial charge < -0.3 is 10.2 Å². The predicted octanol–water partition coefficient (Wildman–Crippen LogP) is 2.77. The molecule has 2 aromatic rings. The molecule has 0 radical (unpaired) electrons. The number of benzene rings is 1. The van der Waals surface area contributed by atoms with Crippen molar-refractivity contribution >= 4 is 11.8 Å². The predicted molar refractivity (Wildman–Crippen MR) is 100 cm³/mol. The molecule has 0 aliphatic carbocycles. The number of nitrogens with one attached hydrogen (secondary N) is 1. The van der Waals surface area contributed by atoms with E-state index >= 15 is 0 Å². The Bertz CT molecular complexity index is 774. The lowest BCUT2D eigenvalue weighted by atomic mass is 10.1. The monoisotopic (exact) mass is 354 g/mol. The average molecular weight is 354 g/mol. The molecule has 1 N–H and O–H groups in total. The Labute approximate surface area is 154 Å². The number of amides is 2. The fourth-order valence-corrected chi connectivity index (χ4v) is 3.23. The molecular weight excluding hydrogens is 328 g/mol. The highest BCUT2D eigenvalue weighted by atomic mass is 16.2. The van der Waals surface area contributed by atoms with Crippen LogP contribution in [0, 0.1) is 6.92 Å². The Morgan fingerprint density at radius 3 is 2.50 bits per heavy atom. The normalized spacial score (nSPS) is 13.8. The highest BCUT2D eigenvalue weighted by molar-refractivity contribution is 5.95. The Balaban J connectivity index is 1.57. The second kappa shape index (κ2) is 8.17. The third kappa shape index (κ3) is 4.12. The van der Waals surface area contributed by atoms with Crippen molar-refractivity contribution in [2.45, 2.75) is 46.2 Å². The zero-order valence-corrected chi connectivity index (χ0v) is 15.5. The van der Waals surface area contributed by atoms with Gasteiger partial charge in [-0.05, 0) is 43.9 Å². The molecule has 6 nitrogen and oxygen atoms in total. The number of hydrogen-bond donors (Lipinski definition) is 1. The van der Waals surface area contributed by atoms with Gasteiger partial charge in [0.1, 0.15) is 0 Å².